The monoisotopic (exact) mass is 327 g/mol. The number of likely N-dealkylation sites (N-methyl/N-ethyl adjacent to an activating group) is 1. The first-order valence-corrected chi connectivity index (χ1v) is 8.44. The standard InChI is InChI=1S/C12H25N3O3S.ClH/c1-4-19(17,18)15-7-5-6-11(9-15)12(16)14-8-10(2)13-3;/h10-11,13H,4-9H2,1-3H3,(H,14,16);1H. The maximum absolute atomic E-state index is 12.0. The van der Waals surface area contributed by atoms with Gasteiger partial charge in [0.25, 0.3) is 0 Å². The van der Waals surface area contributed by atoms with Crippen molar-refractivity contribution in [2.24, 2.45) is 5.92 Å². The Morgan fingerprint density at radius 2 is 2.10 bits per heavy atom. The van der Waals surface area contributed by atoms with E-state index in [9.17, 15) is 13.2 Å². The first kappa shape index (κ1) is 19.6. The summed E-state index contributed by atoms with van der Waals surface area (Å²) < 4.78 is 25.1. The smallest absolute Gasteiger partial charge is 0.224 e. The van der Waals surface area contributed by atoms with Gasteiger partial charge in [0.1, 0.15) is 0 Å². The predicted octanol–water partition coefficient (Wildman–Crippen LogP) is 0.194. The number of rotatable bonds is 6. The molecule has 1 fully saturated rings. The van der Waals surface area contributed by atoms with Crippen molar-refractivity contribution < 1.29 is 13.2 Å². The van der Waals surface area contributed by atoms with Gasteiger partial charge in [-0.2, -0.15) is 0 Å². The Labute approximate surface area is 128 Å². The maximum Gasteiger partial charge on any atom is 0.224 e. The molecule has 0 radical (unpaired) electrons. The molecule has 120 valence electrons. The summed E-state index contributed by atoms with van der Waals surface area (Å²) in [5.74, 6) is -0.171. The van der Waals surface area contributed by atoms with E-state index in [1.165, 1.54) is 4.31 Å². The molecule has 0 aromatic rings. The quantitative estimate of drug-likeness (QED) is 0.730. The molecule has 1 heterocycles. The summed E-state index contributed by atoms with van der Waals surface area (Å²) in [6, 6.07) is 0.211. The molecule has 0 spiro atoms. The van der Waals surface area contributed by atoms with E-state index < -0.39 is 10.0 Å². The third-order valence-electron chi connectivity index (χ3n) is 3.59. The summed E-state index contributed by atoms with van der Waals surface area (Å²) in [7, 11) is -1.34. The molecule has 0 aromatic carbocycles. The molecule has 8 heteroatoms. The van der Waals surface area contributed by atoms with Crippen LogP contribution in [0.1, 0.15) is 26.7 Å². The third-order valence-corrected chi connectivity index (χ3v) is 5.44. The number of hydrogen-bond donors (Lipinski definition) is 2. The summed E-state index contributed by atoms with van der Waals surface area (Å²) >= 11 is 0. The van der Waals surface area contributed by atoms with Gasteiger partial charge in [-0.25, -0.2) is 12.7 Å². The number of amides is 1. The molecular formula is C12H26ClN3O3S. The van der Waals surface area contributed by atoms with Crippen LogP contribution in [0.5, 0.6) is 0 Å². The lowest BCUT2D eigenvalue weighted by Crippen LogP contribution is -2.47. The lowest BCUT2D eigenvalue weighted by atomic mass is 9.99. The highest BCUT2D eigenvalue weighted by Crippen LogP contribution is 2.19. The highest BCUT2D eigenvalue weighted by molar-refractivity contribution is 7.89. The predicted molar refractivity (Wildman–Crippen MR) is 82.5 cm³/mol. The fourth-order valence-electron chi connectivity index (χ4n) is 2.09. The van der Waals surface area contributed by atoms with Crippen LogP contribution >= 0.6 is 12.4 Å². The van der Waals surface area contributed by atoms with Gasteiger partial charge in [0.2, 0.25) is 15.9 Å². The number of sulfonamides is 1. The van der Waals surface area contributed by atoms with E-state index in [0.717, 1.165) is 12.8 Å². The Morgan fingerprint density at radius 3 is 2.65 bits per heavy atom. The summed E-state index contributed by atoms with van der Waals surface area (Å²) in [4.78, 5) is 12.0. The minimum atomic E-state index is -3.18. The first-order chi connectivity index (χ1) is 8.90. The maximum atomic E-state index is 12.0. The Balaban J connectivity index is 0.00000361. The Morgan fingerprint density at radius 1 is 1.45 bits per heavy atom. The molecule has 20 heavy (non-hydrogen) atoms. The molecule has 1 rings (SSSR count). The van der Waals surface area contributed by atoms with Crippen molar-refractivity contribution in [3.8, 4) is 0 Å². The summed E-state index contributed by atoms with van der Waals surface area (Å²) in [5.41, 5.74) is 0. The zero-order valence-corrected chi connectivity index (χ0v) is 14.0. The fourth-order valence-corrected chi connectivity index (χ4v) is 3.27. The van der Waals surface area contributed by atoms with E-state index in [0.29, 0.717) is 19.6 Å². The topological polar surface area (TPSA) is 78.5 Å². The molecule has 0 saturated carbocycles. The van der Waals surface area contributed by atoms with E-state index >= 15 is 0 Å². The van der Waals surface area contributed by atoms with Crippen LogP contribution in [-0.4, -0.2) is 57.1 Å². The Bertz CT molecular complexity index is 403. The Hall–Kier alpha value is -0.370. The van der Waals surface area contributed by atoms with Crippen molar-refractivity contribution in [1.82, 2.24) is 14.9 Å². The van der Waals surface area contributed by atoms with Crippen LogP contribution in [0, 0.1) is 5.92 Å². The average Bonchev–Trinajstić information content (AvgIpc) is 2.44. The van der Waals surface area contributed by atoms with Crippen LogP contribution in [0.25, 0.3) is 0 Å². The number of nitrogens with zero attached hydrogens (tertiary/aromatic N) is 1. The number of nitrogens with one attached hydrogen (secondary N) is 2. The summed E-state index contributed by atoms with van der Waals surface area (Å²) in [6.45, 7) is 5.03. The van der Waals surface area contributed by atoms with Crippen molar-refractivity contribution in [3.05, 3.63) is 0 Å². The second kappa shape index (κ2) is 8.81. The molecule has 0 aliphatic carbocycles. The molecule has 0 aromatic heterocycles. The lowest BCUT2D eigenvalue weighted by Gasteiger charge is -2.31. The van der Waals surface area contributed by atoms with Crippen LogP contribution in [-0.2, 0) is 14.8 Å². The van der Waals surface area contributed by atoms with E-state index in [1.807, 2.05) is 14.0 Å². The highest BCUT2D eigenvalue weighted by Gasteiger charge is 2.31. The molecule has 1 aliphatic rings. The molecule has 2 N–H and O–H groups in total. The van der Waals surface area contributed by atoms with Gasteiger partial charge in [-0.05, 0) is 33.7 Å². The second-order valence-corrected chi connectivity index (χ2v) is 7.29. The fraction of sp³-hybridized carbons (Fsp3) is 0.917. The van der Waals surface area contributed by atoms with Crippen LogP contribution in [0.2, 0.25) is 0 Å². The number of carbonyl (C=O) groups is 1. The highest BCUT2D eigenvalue weighted by atomic mass is 35.5. The Kier molecular flexibility index (Phi) is 8.65. The van der Waals surface area contributed by atoms with Crippen molar-refractivity contribution in [3.63, 3.8) is 0 Å². The molecule has 6 nitrogen and oxygen atoms in total. The zero-order chi connectivity index (χ0) is 14.5. The zero-order valence-electron chi connectivity index (χ0n) is 12.4. The number of carbonyl (C=O) groups excluding carboxylic acids is 1. The van der Waals surface area contributed by atoms with Crippen LogP contribution in [0.3, 0.4) is 0 Å². The van der Waals surface area contributed by atoms with Gasteiger partial charge in [0.15, 0.2) is 0 Å². The third kappa shape index (κ3) is 5.55. The SMILES string of the molecule is CCS(=O)(=O)N1CCCC(C(=O)NCC(C)NC)C1.Cl. The van der Waals surface area contributed by atoms with Crippen molar-refractivity contribution >= 4 is 28.3 Å². The van der Waals surface area contributed by atoms with Crippen LogP contribution < -0.4 is 10.6 Å². The van der Waals surface area contributed by atoms with Crippen molar-refractivity contribution in [2.45, 2.75) is 32.7 Å². The largest absolute Gasteiger partial charge is 0.354 e. The van der Waals surface area contributed by atoms with Gasteiger partial charge in [-0.15, -0.1) is 12.4 Å². The molecule has 1 amide bonds. The number of piperidine rings is 1. The minimum Gasteiger partial charge on any atom is -0.354 e. The van der Waals surface area contributed by atoms with Gasteiger partial charge in [-0.1, -0.05) is 0 Å². The van der Waals surface area contributed by atoms with Crippen molar-refractivity contribution in [2.75, 3.05) is 32.4 Å². The molecule has 2 atom stereocenters. The van der Waals surface area contributed by atoms with Gasteiger partial charge in [0.05, 0.1) is 11.7 Å². The van der Waals surface area contributed by atoms with Gasteiger partial charge in [-0.3, -0.25) is 4.79 Å². The van der Waals surface area contributed by atoms with E-state index in [-0.39, 0.29) is 36.0 Å². The van der Waals surface area contributed by atoms with Gasteiger partial charge < -0.3 is 10.6 Å². The second-order valence-electron chi connectivity index (χ2n) is 5.03. The molecular weight excluding hydrogens is 302 g/mol. The van der Waals surface area contributed by atoms with Crippen molar-refractivity contribution in [1.29, 1.82) is 0 Å². The average molecular weight is 328 g/mol. The number of hydrogen-bond acceptors (Lipinski definition) is 4. The van der Waals surface area contributed by atoms with Crippen LogP contribution in [0.4, 0.5) is 0 Å². The van der Waals surface area contributed by atoms with E-state index in [1.54, 1.807) is 6.92 Å². The minimum absolute atomic E-state index is 0. The lowest BCUT2D eigenvalue weighted by molar-refractivity contribution is -0.126. The molecule has 1 aliphatic heterocycles. The first-order valence-electron chi connectivity index (χ1n) is 6.83. The van der Waals surface area contributed by atoms with E-state index in [2.05, 4.69) is 10.6 Å². The van der Waals surface area contributed by atoms with E-state index in [4.69, 9.17) is 0 Å². The molecule has 0 bridgehead atoms. The normalized spacial score (nSPS) is 21.9. The van der Waals surface area contributed by atoms with Gasteiger partial charge >= 0.3 is 0 Å². The summed E-state index contributed by atoms with van der Waals surface area (Å²) in [6.07, 6.45) is 1.51. The summed E-state index contributed by atoms with van der Waals surface area (Å²) in [5, 5.41) is 5.91. The number of halogens is 1. The molecule has 2 unspecified atom stereocenters. The molecule has 1 saturated heterocycles. The van der Waals surface area contributed by atoms with Crippen LogP contribution in [0.15, 0.2) is 0 Å². The van der Waals surface area contributed by atoms with Gasteiger partial charge in [0, 0.05) is 25.7 Å².